The maximum atomic E-state index is 13.6. The van der Waals surface area contributed by atoms with Crippen molar-refractivity contribution in [2.24, 2.45) is 11.7 Å². The molecule has 0 radical (unpaired) electrons. The Morgan fingerprint density at radius 2 is 2.16 bits per heavy atom. The first kappa shape index (κ1) is 14.3. The summed E-state index contributed by atoms with van der Waals surface area (Å²) >= 11 is 0. The maximum absolute atomic E-state index is 13.6. The van der Waals surface area contributed by atoms with Gasteiger partial charge in [0.05, 0.1) is 13.2 Å². The third-order valence-corrected chi connectivity index (χ3v) is 3.79. The summed E-state index contributed by atoms with van der Waals surface area (Å²) in [6, 6.07) is 4.83. The highest BCUT2D eigenvalue weighted by Crippen LogP contribution is 2.36. The Hall–Kier alpha value is -1.13. The van der Waals surface area contributed by atoms with Crippen LogP contribution < -0.4 is 10.5 Å². The molecule has 0 amide bonds. The van der Waals surface area contributed by atoms with Crippen LogP contribution in [0.4, 0.5) is 4.39 Å². The van der Waals surface area contributed by atoms with Crippen molar-refractivity contribution >= 4 is 0 Å². The average Bonchev–Trinajstić information content (AvgIpc) is 2.36. The largest absolute Gasteiger partial charge is 0.494 e. The van der Waals surface area contributed by atoms with Crippen LogP contribution in [0.2, 0.25) is 0 Å². The standard InChI is InChI=1S/C15H22FNO2/c1-3-19-12-6-10(7-12)8-14(17)11-4-5-15(18-2)13(16)9-11/h4-5,9-10,12,14H,3,6-8,17H2,1-2H3. The van der Waals surface area contributed by atoms with Gasteiger partial charge in [-0.1, -0.05) is 6.07 Å². The van der Waals surface area contributed by atoms with E-state index in [1.807, 2.05) is 13.0 Å². The molecule has 4 heteroatoms. The fourth-order valence-corrected chi connectivity index (χ4v) is 2.65. The molecule has 1 aromatic rings. The lowest BCUT2D eigenvalue weighted by Gasteiger charge is -2.36. The number of benzene rings is 1. The SMILES string of the molecule is CCOC1CC(CC(N)c2ccc(OC)c(F)c2)C1. The third-order valence-electron chi connectivity index (χ3n) is 3.79. The van der Waals surface area contributed by atoms with Crippen molar-refractivity contribution in [2.75, 3.05) is 13.7 Å². The molecule has 1 saturated carbocycles. The Balaban J connectivity index is 1.87. The van der Waals surface area contributed by atoms with Crippen LogP contribution >= 0.6 is 0 Å². The van der Waals surface area contributed by atoms with E-state index in [9.17, 15) is 4.39 Å². The Morgan fingerprint density at radius 1 is 1.42 bits per heavy atom. The second-order valence-electron chi connectivity index (χ2n) is 5.15. The van der Waals surface area contributed by atoms with E-state index in [2.05, 4.69) is 0 Å². The normalized spacial score (nSPS) is 23.8. The van der Waals surface area contributed by atoms with Gasteiger partial charge in [-0.05, 0) is 49.8 Å². The molecule has 0 spiro atoms. The molecule has 3 nitrogen and oxygen atoms in total. The Labute approximate surface area is 113 Å². The van der Waals surface area contributed by atoms with Crippen LogP contribution in [0.3, 0.4) is 0 Å². The maximum Gasteiger partial charge on any atom is 0.165 e. The molecule has 1 unspecified atom stereocenters. The number of nitrogens with two attached hydrogens (primary N) is 1. The van der Waals surface area contributed by atoms with Crippen LogP contribution in [0.5, 0.6) is 5.75 Å². The van der Waals surface area contributed by atoms with Crippen molar-refractivity contribution in [2.45, 2.75) is 38.3 Å². The first-order valence-corrected chi connectivity index (χ1v) is 6.84. The monoisotopic (exact) mass is 267 g/mol. The number of ether oxygens (including phenoxy) is 2. The van der Waals surface area contributed by atoms with Gasteiger partial charge in [0.2, 0.25) is 0 Å². The van der Waals surface area contributed by atoms with E-state index in [0.717, 1.165) is 31.4 Å². The molecular weight excluding hydrogens is 245 g/mol. The Morgan fingerprint density at radius 3 is 2.74 bits per heavy atom. The highest BCUT2D eigenvalue weighted by atomic mass is 19.1. The van der Waals surface area contributed by atoms with Crippen LogP contribution in [-0.4, -0.2) is 19.8 Å². The van der Waals surface area contributed by atoms with Gasteiger partial charge in [0.1, 0.15) is 0 Å². The van der Waals surface area contributed by atoms with Crippen LogP contribution in [0.25, 0.3) is 0 Å². The molecule has 0 heterocycles. The molecule has 1 aromatic carbocycles. The first-order valence-electron chi connectivity index (χ1n) is 6.84. The van der Waals surface area contributed by atoms with E-state index in [1.165, 1.54) is 13.2 Å². The molecule has 2 rings (SSSR count). The van der Waals surface area contributed by atoms with Gasteiger partial charge < -0.3 is 15.2 Å². The smallest absolute Gasteiger partial charge is 0.165 e. The van der Waals surface area contributed by atoms with E-state index in [4.69, 9.17) is 15.2 Å². The second-order valence-corrected chi connectivity index (χ2v) is 5.15. The zero-order chi connectivity index (χ0) is 13.8. The highest BCUT2D eigenvalue weighted by molar-refractivity contribution is 5.30. The quantitative estimate of drug-likeness (QED) is 0.861. The summed E-state index contributed by atoms with van der Waals surface area (Å²) in [6.45, 7) is 2.78. The number of halogens is 1. The van der Waals surface area contributed by atoms with Gasteiger partial charge in [-0.2, -0.15) is 0 Å². The minimum atomic E-state index is -0.351. The molecule has 1 aliphatic rings. The van der Waals surface area contributed by atoms with Gasteiger partial charge in [-0.15, -0.1) is 0 Å². The summed E-state index contributed by atoms with van der Waals surface area (Å²) in [5.74, 6) is 0.504. The van der Waals surface area contributed by atoms with Crippen LogP contribution in [0.15, 0.2) is 18.2 Å². The van der Waals surface area contributed by atoms with Gasteiger partial charge in [-0.3, -0.25) is 0 Å². The minimum Gasteiger partial charge on any atom is -0.494 e. The molecule has 0 saturated heterocycles. The summed E-state index contributed by atoms with van der Waals surface area (Å²) < 4.78 is 24.0. The van der Waals surface area contributed by atoms with Gasteiger partial charge in [0.25, 0.3) is 0 Å². The zero-order valence-corrected chi connectivity index (χ0v) is 11.6. The topological polar surface area (TPSA) is 44.5 Å². The van der Waals surface area contributed by atoms with Crippen LogP contribution in [-0.2, 0) is 4.74 Å². The van der Waals surface area contributed by atoms with E-state index in [-0.39, 0.29) is 17.6 Å². The third kappa shape index (κ3) is 3.45. The number of methoxy groups -OCH3 is 1. The van der Waals surface area contributed by atoms with Crippen LogP contribution in [0, 0.1) is 11.7 Å². The predicted octanol–water partition coefficient (Wildman–Crippen LogP) is 3.04. The lowest BCUT2D eigenvalue weighted by molar-refractivity contribution is -0.0282. The van der Waals surface area contributed by atoms with Crippen molar-refractivity contribution in [3.8, 4) is 5.75 Å². The molecule has 106 valence electrons. The molecule has 1 aliphatic carbocycles. The van der Waals surface area contributed by atoms with E-state index in [1.54, 1.807) is 6.07 Å². The van der Waals surface area contributed by atoms with Crippen molar-refractivity contribution in [3.63, 3.8) is 0 Å². The number of hydrogen-bond donors (Lipinski definition) is 1. The molecule has 0 aliphatic heterocycles. The highest BCUT2D eigenvalue weighted by Gasteiger charge is 2.31. The van der Waals surface area contributed by atoms with Crippen molar-refractivity contribution in [1.29, 1.82) is 0 Å². The van der Waals surface area contributed by atoms with Gasteiger partial charge in [0, 0.05) is 12.6 Å². The number of rotatable bonds is 6. The van der Waals surface area contributed by atoms with Crippen molar-refractivity contribution in [1.82, 2.24) is 0 Å². The van der Waals surface area contributed by atoms with Crippen molar-refractivity contribution < 1.29 is 13.9 Å². The molecular formula is C15H22FNO2. The average molecular weight is 267 g/mol. The van der Waals surface area contributed by atoms with E-state index in [0.29, 0.717) is 12.0 Å². The van der Waals surface area contributed by atoms with Gasteiger partial charge in [0.15, 0.2) is 11.6 Å². The summed E-state index contributed by atoms with van der Waals surface area (Å²) in [7, 11) is 1.46. The molecule has 2 N–H and O–H groups in total. The molecule has 19 heavy (non-hydrogen) atoms. The lowest BCUT2D eigenvalue weighted by Crippen LogP contribution is -2.33. The van der Waals surface area contributed by atoms with E-state index >= 15 is 0 Å². The summed E-state index contributed by atoms with van der Waals surface area (Å²) in [5.41, 5.74) is 6.97. The lowest BCUT2D eigenvalue weighted by atomic mass is 9.77. The summed E-state index contributed by atoms with van der Waals surface area (Å²) in [4.78, 5) is 0. The zero-order valence-electron chi connectivity index (χ0n) is 11.6. The fourth-order valence-electron chi connectivity index (χ4n) is 2.65. The van der Waals surface area contributed by atoms with Crippen molar-refractivity contribution in [3.05, 3.63) is 29.6 Å². The minimum absolute atomic E-state index is 0.118. The second kappa shape index (κ2) is 6.35. The van der Waals surface area contributed by atoms with Gasteiger partial charge >= 0.3 is 0 Å². The Bertz CT molecular complexity index is 419. The predicted molar refractivity (Wildman–Crippen MR) is 72.6 cm³/mol. The van der Waals surface area contributed by atoms with Gasteiger partial charge in [-0.25, -0.2) is 4.39 Å². The molecule has 1 fully saturated rings. The number of hydrogen-bond acceptors (Lipinski definition) is 3. The molecule has 0 bridgehead atoms. The fraction of sp³-hybridized carbons (Fsp3) is 0.600. The van der Waals surface area contributed by atoms with Crippen LogP contribution in [0.1, 0.15) is 37.8 Å². The summed E-state index contributed by atoms with van der Waals surface area (Å²) in [5, 5.41) is 0. The molecule has 1 atom stereocenters. The molecule has 0 aromatic heterocycles. The van der Waals surface area contributed by atoms with E-state index < -0.39 is 0 Å². The Kier molecular flexibility index (Phi) is 4.77. The first-order chi connectivity index (χ1) is 9.13. The summed E-state index contributed by atoms with van der Waals surface area (Å²) in [6.07, 6.45) is 3.42.